The molecule has 184 valence electrons. The number of carboxylic acids is 1. The first kappa shape index (κ1) is 25.0. The van der Waals surface area contributed by atoms with E-state index in [1.54, 1.807) is 38.1 Å². The molecule has 0 fully saturated rings. The van der Waals surface area contributed by atoms with E-state index in [-0.39, 0.29) is 13.0 Å². The number of rotatable bonds is 8. The number of hydrogen-bond donors (Lipinski definition) is 1. The minimum absolute atomic E-state index is 0.0111. The highest BCUT2D eigenvalue weighted by molar-refractivity contribution is 6.34. The van der Waals surface area contributed by atoms with E-state index in [1.807, 2.05) is 48.5 Å². The number of aliphatic carboxylic acids is 1. The maximum absolute atomic E-state index is 13.0. The molecule has 3 aromatic carbocycles. The first-order valence-electron chi connectivity index (χ1n) is 11.4. The van der Waals surface area contributed by atoms with Crippen LogP contribution in [0.5, 0.6) is 0 Å². The summed E-state index contributed by atoms with van der Waals surface area (Å²) in [6.07, 6.45) is 0.0453. The summed E-state index contributed by atoms with van der Waals surface area (Å²) in [5, 5.41) is 13.6. The van der Waals surface area contributed by atoms with Gasteiger partial charge in [0.25, 0.3) is 0 Å². The van der Waals surface area contributed by atoms with Crippen molar-refractivity contribution >= 4 is 35.0 Å². The van der Waals surface area contributed by atoms with Crippen LogP contribution < -0.4 is 4.90 Å². The maximum Gasteiger partial charge on any atom is 0.419 e. The fourth-order valence-electron chi connectivity index (χ4n) is 3.98. The first-order valence-corrected chi connectivity index (χ1v) is 11.8. The molecule has 0 saturated carbocycles. The van der Waals surface area contributed by atoms with E-state index in [9.17, 15) is 9.59 Å². The number of nitrogens with zero attached hydrogens (tertiary/aromatic N) is 2. The van der Waals surface area contributed by atoms with Gasteiger partial charge in [-0.3, -0.25) is 4.79 Å². The molecule has 0 bridgehead atoms. The number of aromatic nitrogens is 1. The van der Waals surface area contributed by atoms with E-state index in [4.69, 9.17) is 26.0 Å². The van der Waals surface area contributed by atoms with Crippen LogP contribution in [0.3, 0.4) is 0 Å². The number of amides is 1. The number of carbonyl (C=O) groups is 2. The summed E-state index contributed by atoms with van der Waals surface area (Å²) in [4.78, 5) is 25.4. The monoisotopic (exact) mass is 504 g/mol. The number of carboxylic acid groups (broad SMARTS) is 1. The van der Waals surface area contributed by atoms with Gasteiger partial charge >= 0.3 is 12.1 Å². The van der Waals surface area contributed by atoms with Crippen LogP contribution in [0.4, 0.5) is 16.2 Å². The normalized spacial score (nSPS) is 10.8. The van der Waals surface area contributed by atoms with Gasteiger partial charge in [0, 0.05) is 5.56 Å². The summed E-state index contributed by atoms with van der Waals surface area (Å²) in [6.45, 7) is 3.69. The Morgan fingerprint density at radius 3 is 2.42 bits per heavy atom. The van der Waals surface area contributed by atoms with Gasteiger partial charge < -0.3 is 14.4 Å². The lowest BCUT2D eigenvalue weighted by Crippen LogP contribution is -2.27. The fraction of sp³-hybridized carbons (Fsp3) is 0.179. The molecule has 7 nitrogen and oxygen atoms in total. The second kappa shape index (κ2) is 11.1. The summed E-state index contributed by atoms with van der Waals surface area (Å²) in [5.41, 5.74) is 4.98. The van der Waals surface area contributed by atoms with Crippen molar-refractivity contribution in [1.29, 1.82) is 0 Å². The molecule has 0 aliphatic rings. The Morgan fingerprint density at radius 1 is 1.00 bits per heavy atom. The summed E-state index contributed by atoms with van der Waals surface area (Å²) in [5.74, 6) is -0.446. The van der Waals surface area contributed by atoms with Gasteiger partial charge in [-0.15, -0.1) is 0 Å². The number of hydrogen-bond acceptors (Lipinski definition) is 5. The number of para-hydroxylation sites is 1. The molecule has 4 aromatic rings. The zero-order chi connectivity index (χ0) is 25.7. The van der Waals surface area contributed by atoms with Crippen LogP contribution in [0, 0.1) is 6.92 Å². The van der Waals surface area contributed by atoms with E-state index in [0.717, 1.165) is 22.3 Å². The van der Waals surface area contributed by atoms with Crippen LogP contribution in [0.2, 0.25) is 5.02 Å². The number of ether oxygens (including phenoxy) is 1. The van der Waals surface area contributed by atoms with Gasteiger partial charge in [0.2, 0.25) is 0 Å². The molecule has 0 aliphatic heterocycles. The van der Waals surface area contributed by atoms with Crippen LogP contribution in [-0.4, -0.2) is 28.9 Å². The highest BCUT2D eigenvalue weighted by Crippen LogP contribution is 2.41. The van der Waals surface area contributed by atoms with Gasteiger partial charge in [-0.05, 0) is 49.1 Å². The molecule has 0 radical (unpaired) electrons. The number of carbonyl (C=O) groups excluding carboxylic acids is 1. The third-order valence-corrected chi connectivity index (χ3v) is 5.89. The molecule has 0 aliphatic carbocycles. The van der Waals surface area contributed by atoms with Gasteiger partial charge in [0.05, 0.1) is 23.7 Å². The van der Waals surface area contributed by atoms with Crippen molar-refractivity contribution in [2.45, 2.75) is 26.7 Å². The van der Waals surface area contributed by atoms with E-state index in [0.29, 0.717) is 34.3 Å². The summed E-state index contributed by atoms with van der Waals surface area (Å²) in [6, 6.07) is 22.3. The van der Waals surface area contributed by atoms with Crippen LogP contribution in [0.25, 0.3) is 11.3 Å². The van der Waals surface area contributed by atoms with Crippen LogP contribution in [0.1, 0.15) is 29.3 Å². The SMILES string of the molecule is CCOC(=O)N(c1ccccc1Cl)c1c(C)noc1-c1ccc(Cc2cccc(CC(=O)O)c2)cc1. The van der Waals surface area contributed by atoms with Crippen molar-refractivity contribution in [2.75, 3.05) is 11.5 Å². The van der Waals surface area contributed by atoms with Gasteiger partial charge in [0.15, 0.2) is 5.76 Å². The van der Waals surface area contributed by atoms with Crippen LogP contribution in [-0.2, 0) is 22.4 Å². The quantitative estimate of drug-likeness (QED) is 0.283. The Labute approximate surface area is 213 Å². The van der Waals surface area contributed by atoms with Crippen molar-refractivity contribution in [2.24, 2.45) is 0 Å². The molecule has 1 heterocycles. The average Bonchev–Trinajstić information content (AvgIpc) is 3.22. The molecule has 0 unspecified atom stereocenters. The Balaban J connectivity index is 1.66. The summed E-state index contributed by atoms with van der Waals surface area (Å²) in [7, 11) is 0. The van der Waals surface area contributed by atoms with Crippen molar-refractivity contribution in [3.05, 3.63) is 100 Å². The highest BCUT2D eigenvalue weighted by Gasteiger charge is 2.29. The summed E-state index contributed by atoms with van der Waals surface area (Å²) >= 11 is 6.43. The third-order valence-electron chi connectivity index (χ3n) is 5.57. The van der Waals surface area contributed by atoms with Crippen molar-refractivity contribution in [3.8, 4) is 11.3 Å². The molecule has 0 saturated heterocycles. The Bertz CT molecular complexity index is 1380. The fourth-order valence-corrected chi connectivity index (χ4v) is 4.20. The predicted octanol–water partition coefficient (Wildman–Crippen LogP) is 6.82. The van der Waals surface area contributed by atoms with E-state index < -0.39 is 12.1 Å². The number of halogens is 1. The Kier molecular flexibility index (Phi) is 7.71. The van der Waals surface area contributed by atoms with E-state index >= 15 is 0 Å². The van der Waals surface area contributed by atoms with E-state index in [2.05, 4.69) is 5.16 Å². The minimum Gasteiger partial charge on any atom is -0.481 e. The molecule has 4 rings (SSSR count). The smallest absolute Gasteiger partial charge is 0.419 e. The van der Waals surface area contributed by atoms with Crippen molar-refractivity contribution < 1.29 is 24.0 Å². The maximum atomic E-state index is 13.0. The number of benzene rings is 3. The number of aryl methyl sites for hydroxylation is 1. The molecule has 8 heteroatoms. The first-order chi connectivity index (χ1) is 17.4. The lowest BCUT2D eigenvalue weighted by atomic mass is 10.00. The van der Waals surface area contributed by atoms with Gasteiger partial charge in [0.1, 0.15) is 11.4 Å². The highest BCUT2D eigenvalue weighted by atomic mass is 35.5. The van der Waals surface area contributed by atoms with Gasteiger partial charge in [-0.2, -0.15) is 0 Å². The zero-order valence-electron chi connectivity index (χ0n) is 19.9. The minimum atomic E-state index is -0.858. The lowest BCUT2D eigenvalue weighted by Gasteiger charge is -2.23. The second-order valence-corrected chi connectivity index (χ2v) is 8.60. The van der Waals surface area contributed by atoms with Crippen molar-refractivity contribution in [3.63, 3.8) is 0 Å². The topological polar surface area (TPSA) is 92.9 Å². The third kappa shape index (κ3) is 5.58. The molecular formula is C28H25ClN2O5. The lowest BCUT2D eigenvalue weighted by molar-refractivity contribution is -0.136. The largest absolute Gasteiger partial charge is 0.481 e. The second-order valence-electron chi connectivity index (χ2n) is 8.20. The van der Waals surface area contributed by atoms with Crippen molar-refractivity contribution in [1.82, 2.24) is 5.16 Å². The molecule has 1 aromatic heterocycles. The van der Waals surface area contributed by atoms with Gasteiger partial charge in [-0.25, -0.2) is 9.69 Å². The molecule has 0 spiro atoms. The standard InChI is InChI=1S/C28H25ClN2O5/c1-3-35-28(34)31(24-10-5-4-9-23(24)29)26-18(2)30-36-27(26)22-13-11-19(12-14-22)15-20-7-6-8-21(16-20)17-25(32)33/h4-14,16H,3,15,17H2,1-2H3,(H,32,33). The molecule has 36 heavy (non-hydrogen) atoms. The molecule has 0 atom stereocenters. The van der Waals surface area contributed by atoms with E-state index in [1.165, 1.54) is 4.90 Å². The Morgan fingerprint density at radius 2 is 1.72 bits per heavy atom. The molecular weight excluding hydrogens is 480 g/mol. The molecule has 1 N–H and O–H groups in total. The zero-order valence-corrected chi connectivity index (χ0v) is 20.7. The number of anilines is 2. The average molecular weight is 505 g/mol. The Hall–Kier alpha value is -4.10. The van der Waals surface area contributed by atoms with Crippen LogP contribution >= 0.6 is 11.6 Å². The van der Waals surface area contributed by atoms with Crippen LogP contribution in [0.15, 0.2) is 77.3 Å². The van der Waals surface area contributed by atoms with Gasteiger partial charge in [-0.1, -0.05) is 77.4 Å². The predicted molar refractivity (Wildman–Crippen MR) is 138 cm³/mol. The summed E-state index contributed by atoms with van der Waals surface area (Å²) < 4.78 is 11.0. The molecule has 1 amide bonds.